The van der Waals surface area contributed by atoms with Crippen LogP contribution in [0.3, 0.4) is 0 Å². The maximum atomic E-state index is 12.7. The second kappa shape index (κ2) is 8.10. The molecule has 130 valence electrons. The van der Waals surface area contributed by atoms with Crippen LogP contribution in [0, 0.1) is 5.92 Å². The molecule has 1 amide bonds. The third-order valence-corrected chi connectivity index (χ3v) is 4.94. The molecule has 0 N–H and O–H groups in total. The molecular weight excluding hydrogens is 328 g/mol. The van der Waals surface area contributed by atoms with E-state index in [9.17, 15) is 9.59 Å². The van der Waals surface area contributed by atoms with E-state index in [-0.39, 0.29) is 17.6 Å². The van der Waals surface area contributed by atoms with Gasteiger partial charge < -0.3 is 9.64 Å². The highest BCUT2D eigenvalue weighted by molar-refractivity contribution is 6.31. The number of ether oxygens (including phenoxy) is 1. The van der Waals surface area contributed by atoms with Crippen molar-refractivity contribution in [3.05, 3.63) is 34.9 Å². The number of nitrogens with zero attached hydrogens (tertiary/aromatic N) is 2. The number of halogens is 1. The van der Waals surface area contributed by atoms with E-state index in [4.69, 9.17) is 16.3 Å². The van der Waals surface area contributed by atoms with E-state index in [0.717, 1.165) is 19.4 Å². The number of hydrogen-bond acceptors (Lipinski definition) is 4. The fraction of sp³-hybridized carbons (Fsp3) is 0.556. The summed E-state index contributed by atoms with van der Waals surface area (Å²) in [5.74, 6) is 0.199. The van der Waals surface area contributed by atoms with E-state index in [1.807, 2.05) is 11.0 Å². The van der Waals surface area contributed by atoms with E-state index in [2.05, 4.69) is 4.90 Å². The summed E-state index contributed by atoms with van der Waals surface area (Å²) in [6.45, 7) is 4.45. The number of piperidine rings is 1. The van der Waals surface area contributed by atoms with Crippen molar-refractivity contribution in [2.24, 2.45) is 5.92 Å². The average Bonchev–Trinajstić information content (AvgIpc) is 2.62. The highest BCUT2D eigenvalue weighted by Crippen LogP contribution is 2.22. The number of ketones is 1. The predicted octanol–water partition coefficient (Wildman–Crippen LogP) is 2.09. The van der Waals surface area contributed by atoms with Gasteiger partial charge in [-0.05, 0) is 31.5 Å². The molecule has 1 unspecified atom stereocenters. The fourth-order valence-corrected chi connectivity index (χ4v) is 3.58. The van der Waals surface area contributed by atoms with Gasteiger partial charge in [0.1, 0.15) is 0 Å². The highest BCUT2D eigenvalue weighted by atomic mass is 35.5. The Bertz CT molecular complexity index is 602. The molecule has 0 aliphatic carbocycles. The molecule has 0 bridgehead atoms. The van der Waals surface area contributed by atoms with E-state index in [1.54, 1.807) is 18.2 Å². The standard InChI is InChI=1S/C18H23ClN2O3/c19-16-5-1-3-14(11-16)18(23)15-4-2-6-20(12-15)13-17(22)21-7-9-24-10-8-21/h1,3,5,11,15H,2,4,6-10,12-13H2. The van der Waals surface area contributed by atoms with Gasteiger partial charge in [-0.2, -0.15) is 0 Å². The SMILES string of the molecule is O=C(c1cccc(Cl)c1)C1CCCN(CC(=O)N2CCOCC2)C1. The van der Waals surface area contributed by atoms with Gasteiger partial charge in [-0.25, -0.2) is 0 Å². The molecule has 3 rings (SSSR count). The number of Topliss-reactive ketones (excluding diaryl/α,β-unsaturated/α-hetero) is 1. The van der Waals surface area contributed by atoms with E-state index in [0.29, 0.717) is 50.0 Å². The van der Waals surface area contributed by atoms with Gasteiger partial charge in [0.25, 0.3) is 0 Å². The minimum atomic E-state index is -0.0605. The Morgan fingerprint density at radius 1 is 1.21 bits per heavy atom. The second-order valence-corrected chi connectivity index (χ2v) is 6.88. The topological polar surface area (TPSA) is 49.9 Å². The Morgan fingerprint density at radius 2 is 2.00 bits per heavy atom. The molecule has 1 atom stereocenters. The number of likely N-dealkylation sites (tertiary alicyclic amines) is 1. The lowest BCUT2D eigenvalue weighted by molar-refractivity contribution is -0.136. The molecule has 5 nitrogen and oxygen atoms in total. The van der Waals surface area contributed by atoms with E-state index >= 15 is 0 Å². The Labute approximate surface area is 147 Å². The summed E-state index contributed by atoms with van der Waals surface area (Å²) in [5.41, 5.74) is 0.661. The Morgan fingerprint density at radius 3 is 2.75 bits per heavy atom. The molecule has 24 heavy (non-hydrogen) atoms. The monoisotopic (exact) mass is 350 g/mol. The predicted molar refractivity (Wildman–Crippen MR) is 92.3 cm³/mol. The van der Waals surface area contributed by atoms with Gasteiger partial charge in [-0.3, -0.25) is 14.5 Å². The number of benzene rings is 1. The molecule has 2 heterocycles. The fourth-order valence-electron chi connectivity index (χ4n) is 3.39. The van der Waals surface area contributed by atoms with Gasteiger partial charge in [-0.15, -0.1) is 0 Å². The third-order valence-electron chi connectivity index (χ3n) is 4.71. The van der Waals surface area contributed by atoms with Gasteiger partial charge in [0.2, 0.25) is 5.91 Å². The minimum Gasteiger partial charge on any atom is -0.378 e. The van der Waals surface area contributed by atoms with E-state index in [1.165, 1.54) is 0 Å². The molecule has 2 saturated heterocycles. The number of morpholine rings is 1. The van der Waals surface area contributed by atoms with Crippen molar-refractivity contribution in [2.75, 3.05) is 45.9 Å². The first-order chi connectivity index (χ1) is 11.6. The number of carbonyl (C=O) groups is 2. The molecule has 2 aliphatic heterocycles. The first kappa shape index (κ1) is 17.4. The van der Waals surface area contributed by atoms with Crippen molar-refractivity contribution < 1.29 is 14.3 Å². The molecule has 0 radical (unpaired) electrons. The molecule has 0 aromatic heterocycles. The van der Waals surface area contributed by atoms with Gasteiger partial charge >= 0.3 is 0 Å². The maximum Gasteiger partial charge on any atom is 0.236 e. The summed E-state index contributed by atoms with van der Waals surface area (Å²) in [5, 5.41) is 0.580. The van der Waals surface area contributed by atoms with Crippen LogP contribution >= 0.6 is 11.6 Å². The van der Waals surface area contributed by atoms with Crippen molar-refractivity contribution >= 4 is 23.3 Å². The number of hydrogen-bond donors (Lipinski definition) is 0. The van der Waals surface area contributed by atoms with Crippen LogP contribution < -0.4 is 0 Å². The molecule has 6 heteroatoms. The molecule has 2 aliphatic rings. The van der Waals surface area contributed by atoms with Crippen molar-refractivity contribution in [1.82, 2.24) is 9.80 Å². The van der Waals surface area contributed by atoms with Crippen LogP contribution in [0.1, 0.15) is 23.2 Å². The Kier molecular flexibility index (Phi) is 5.87. The molecule has 1 aromatic carbocycles. The first-order valence-corrected chi connectivity index (χ1v) is 8.89. The Hall–Kier alpha value is -1.43. The number of carbonyl (C=O) groups excluding carboxylic acids is 2. The lowest BCUT2D eigenvalue weighted by Gasteiger charge is -2.34. The lowest BCUT2D eigenvalue weighted by Crippen LogP contribution is -2.48. The molecule has 0 spiro atoms. The van der Waals surface area contributed by atoms with Crippen molar-refractivity contribution in [1.29, 1.82) is 0 Å². The lowest BCUT2D eigenvalue weighted by atomic mass is 9.90. The van der Waals surface area contributed by atoms with Crippen LogP contribution in [0.25, 0.3) is 0 Å². The smallest absolute Gasteiger partial charge is 0.236 e. The molecule has 2 fully saturated rings. The van der Waals surface area contributed by atoms with Crippen LogP contribution in [0.4, 0.5) is 0 Å². The van der Waals surface area contributed by atoms with Crippen molar-refractivity contribution in [3.8, 4) is 0 Å². The second-order valence-electron chi connectivity index (χ2n) is 6.44. The quantitative estimate of drug-likeness (QED) is 0.780. The summed E-state index contributed by atoms with van der Waals surface area (Å²) in [6, 6.07) is 7.11. The van der Waals surface area contributed by atoms with Crippen molar-refractivity contribution in [3.63, 3.8) is 0 Å². The van der Waals surface area contributed by atoms with Crippen LogP contribution in [0.15, 0.2) is 24.3 Å². The van der Waals surface area contributed by atoms with E-state index < -0.39 is 0 Å². The summed E-state index contributed by atoms with van der Waals surface area (Å²) in [4.78, 5) is 29.0. The van der Waals surface area contributed by atoms with Gasteiger partial charge in [0, 0.05) is 36.1 Å². The van der Waals surface area contributed by atoms with Crippen LogP contribution in [-0.2, 0) is 9.53 Å². The largest absolute Gasteiger partial charge is 0.378 e. The average molecular weight is 351 g/mol. The molecular formula is C18H23ClN2O3. The summed E-state index contributed by atoms with van der Waals surface area (Å²) in [6.07, 6.45) is 1.81. The normalized spacial score (nSPS) is 22.4. The highest BCUT2D eigenvalue weighted by Gasteiger charge is 2.28. The zero-order chi connectivity index (χ0) is 16.9. The molecule has 1 aromatic rings. The van der Waals surface area contributed by atoms with Crippen LogP contribution in [0.5, 0.6) is 0 Å². The minimum absolute atomic E-state index is 0.0605. The van der Waals surface area contributed by atoms with Crippen molar-refractivity contribution in [2.45, 2.75) is 12.8 Å². The van der Waals surface area contributed by atoms with Gasteiger partial charge in [0.15, 0.2) is 5.78 Å². The third kappa shape index (κ3) is 4.35. The summed E-state index contributed by atoms with van der Waals surface area (Å²) in [7, 11) is 0. The number of rotatable bonds is 4. The Balaban J connectivity index is 1.57. The van der Waals surface area contributed by atoms with Gasteiger partial charge in [-0.1, -0.05) is 23.7 Å². The van der Waals surface area contributed by atoms with Gasteiger partial charge in [0.05, 0.1) is 19.8 Å². The number of amides is 1. The summed E-state index contributed by atoms with van der Waals surface area (Å²) >= 11 is 5.99. The molecule has 0 saturated carbocycles. The summed E-state index contributed by atoms with van der Waals surface area (Å²) < 4.78 is 5.28. The van der Waals surface area contributed by atoms with Crippen LogP contribution in [0.2, 0.25) is 5.02 Å². The zero-order valence-electron chi connectivity index (χ0n) is 13.7. The van der Waals surface area contributed by atoms with Crippen LogP contribution in [-0.4, -0.2) is 67.4 Å². The maximum absolute atomic E-state index is 12.7. The first-order valence-electron chi connectivity index (χ1n) is 8.51. The zero-order valence-corrected chi connectivity index (χ0v) is 14.5.